The van der Waals surface area contributed by atoms with Gasteiger partial charge in [0, 0.05) is 31.2 Å². The maximum atomic E-state index is 14.1. The fraction of sp³-hybridized carbons (Fsp3) is 0.235. The number of hydrogen-bond acceptors (Lipinski definition) is 10. The maximum Gasteiger partial charge on any atom is 0.188 e. The number of Topliss-reactive ketones (excluding diaryl/α,β-unsaturated/α-hetero) is 2. The molecule has 2 saturated heterocycles. The van der Waals surface area contributed by atoms with Crippen molar-refractivity contribution >= 4 is 43.4 Å². The predicted molar refractivity (Wildman–Crippen MR) is 175 cm³/mol. The minimum Gasteiger partial charge on any atom is -0.508 e. The molecule has 0 saturated carbocycles. The summed E-state index contributed by atoms with van der Waals surface area (Å²) in [6.45, 7) is 0.857. The average Bonchev–Trinajstić information content (AvgIpc) is 3.84. The third-order valence-electron chi connectivity index (χ3n) is 6.71. The summed E-state index contributed by atoms with van der Waals surface area (Å²) in [6, 6.07) is 16.7. The fourth-order valence-corrected chi connectivity index (χ4v) is 5.16. The smallest absolute Gasteiger partial charge is 0.188 e. The van der Waals surface area contributed by atoms with Crippen LogP contribution in [0, 0.1) is 17.5 Å². The Bertz CT molecular complexity index is 1760. The van der Waals surface area contributed by atoms with Crippen LogP contribution in [-0.4, -0.2) is 66.5 Å². The van der Waals surface area contributed by atoms with Gasteiger partial charge in [-0.3, -0.25) is 9.59 Å². The van der Waals surface area contributed by atoms with Gasteiger partial charge in [-0.2, -0.15) is 0 Å². The molecule has 4 aromatic carbocycles. The minimum absolute atomic E-state index is 0.0222. The number of hydrogen-bond donors (Lipinski definition) is 3. The highest BCUT2D eigenvalue weighted by atomic mass is 79.9. The number of phenolic OH excluding ortho intramolecular Hbond substituents is 1. The lowest BCUT2D eigenvalue weighted by atomic mass is 10.1. The standard InChI is InChI=1S/C17H14BrFO5.C9H9BrO3.C8H6F2O2/c18-13-3-2-11(8-12(13)17-22-5-6-23-17)24-16-4-1-10(7-14(16)19)15(21)9-20;10-8-2-1-6(11)5-7(8)9-12-3-4-13-9;9-6-2-1-5(3-7(6)10)8(12)4-11/h1-4,7-8,17,20H,5-6,9H2;1-2,5,9,11H,3-4H2;1-3,11H,4H2. The molecule has 2 aliphatic rings. The number of aliphatic hydroxyl groups is 2. The molecule has 49 heavy (non-hydrogen) atoms. The molecule has 0 unspecified atom stereocenters. The number of ether oxygens (including phenoxy) is 5. The number of carbonyl (C=O) groups is 2. The van der Waals surface area contributed by atoms with Crippen LogP contribution in [0.3, 0.4) is 0 Å². The van der Waals surface area contributed by atoms with Crippen LogP contribution >= 0.6 is 31.9 Å². The first-order valence-electron chi connectivity index (χ1n) is 14.5. The Morgan fingerprint density at radius 1 is 0.653 bits per heavy atom. The molecule has 0 aliphatic carbocycles. The zero-order chi connectivity index (χ0) is 35.5. The number of aromatic hydroxyl groups is 1. The lowest BCUT2D eigenvalue weighted by Crippen LogP contribution is -2.05. The minimum atomic E-state index is -1.09. The molecular formula is C34H29Br2F3O10. The van der Waals surface area contributed by atoms with Gasteiger partial charge in [-0.1, -0.05) is 31.9 Å². The van der Waals surface area contributed by atoms with Gasteiger partial charge >= 0.3 is 0 Å². The summed E-state index contributed by atoms with van der Waals surface area (Å²) in [4.78, 5) is 22.1. The summed E-state index contributed by atoms with van der Waals surface area (Å²) < 4.78 is 67.7. The molecule has 15 heteroatoms. The van der Waals surface area contributed by atoms with E-state index in [1.807, 2.05) is 0 Å². The molecule has 0 spiro atoms. The first kappa shape index (κ1) is 38.1. The number of rotatable bonds is 8. The van der Waals surface area contributed by atoms with Crippen molar-refractivity contribution < 1.29 is 61.8 Å². The number of aliphatic hydroxyl groups excluding tert-OH is 2. The van der Waals surface area contributed by atoms with Crippen LogP contribution in [0.4, 0.5) is 13.2 Å². The van der Waals surface area contributed by atoms with Crippen LogP contribution < -0.4 is 4.74 Å². The van der Waals surface area contributed by atoms with Crippen LogP contribution in [0.25, 0.3) is 0 Å². The highest BCUT2D eigenvalue weighted by Gasteiger charge is 2.22. The van der Waals surface area contributed by atoms with E-state index in [1.165, 1.54) is 12.1 Å². The fourth-order valence-electron chi connectivity index (χ4n) is 4.29. The molecular weight excluding hydrogens is 785 g/mol. The quantitative estimate of drug-likeness (QED) is 0.160. The van der Waals surface area contributed by atoms with Crippen molar-refractivity contribution in [2.45, 2.75) is 12.6 Å². The topological polar surface area (TPSA) is 141 Å². The lowest BCUT2D eigenvalue weighted by Gasteiger charge is -2.14. The summed E-state index contributed by atoms with van der Waals surface area (Å²) in [5.41, 5.74) is 1.64. The van der Waals surface area contributed by atoms with E-state index < -0.39 is 48.5 Å². The van der Waals surface area contributed by atoms with E-state index >= 15 is 0 Å². The second-order valence-electron chi connectivity index (χ2n) is 10.1. The zero-order valence-corrected chi connectivity index (χ0v) is 28.6. The van der Waals surface area contributed by atoms with E-state index in [4.69, 9.17) is 33.9 Å². The summed E-state index contributed by atoms with van der Waals surface area (Å²) in [7, 11) is 0. The molecule has 3 N–H and O–H groups in total. The number of benzene rings is 4. The molecule has 2 fully saturated rings. The maximum absolute atomic E-state index is 14.1. The Kier molecular flexibility index (Phi) is 14.3. The number of ketones is 2. The van der Waals surface area contributed by atoms with E-state index in [-0.39, 0.29) is 28.9 Å². The Morgan fingerprint density at radius 3 is 1.65 bits per heavy atom. The van der Waals surface area contributed by atoms with Gasteiger partial charge in [-0.15, -0.1) is 0 Å². The van der Waals surface area contributed by atoms with Gasteiger partial charge in [0.15, 0.2) is 47.3 Å². The van der Waals surface area contributed by atoms with Gasteiger partial charge in [0.25, 0.3) is 0 Å². The van der Waals surface area contributed by atoms with Gasteiger partial charge in [-0.05, 0) is 72.8 Å². The van der Waals surface area contributed by atoms with Gasteiger partial charge < -0.3 is 39.0 Å². The molecule has 0 bridgehead atoms. The normalized spacial score (nSPS) is 14.4. The largest absolute Gasteiger partial charge is 0.508 e. The Balaban J connectivity index is 0.000000182. The summed E-state index contributed by atoms with van der Waals surface area (Å²) in [5, 5.41) is 26.5. The summed E-state index contributed by atoms with van der Waals surface area (Å²) in [6.07, 6.45) is -0.834. The second-order valence-corrected chi connectivity index (χ2v) is 11.8. The van der Waals surface area contributed by atoms with E-state index in [2.05, 4.69) is 31.9 Å². The van der Waals surface area contributed by atoms with E-state index in [0.717, 1.165) is 44.3 Å². The molecule has 4 aromatic rings. The first-order valence-corrected chi connectivity index (χ1v) is 16.0. The molecule has 2 heterocycles. The number of phenols is 1. The van der Waals surface area contributed by atoms with Crippen LogP contribution in [0.2, 0.25) is 0 Å². The molecule has 0 radical (unpaired) electrons. The third kappa shape index (κ3) is 10.7. The lowest BCUT2D eigenvalue weighted by molar-refractivity contribution is -0.0449. The van der Waals surface area contributed by atoms with Crippen LogP contribution in [0.1, 0.15) is 44.4 Å². The van der Waals surface area contributed by atoms with E-state index in [1.54, 1.807) is 36.4 Å². The van der Waals surface area contributed by atoms with Crippen LogP contribution in [-0.2, 0) is 18.9 Å². The molecule has 2 aliphatic heterocycles. The Hall–Kier alpha value is -3.67. The Morgan fingerprint density at radius 2 is 1.14 bits per heavy atom. The van der Waals surface area contributed by atoms with Crippen molar-refractivity contribution in [2.24, 2.45) is 0 Å². The second kappa shape index (κ2) is 18.4. The molecule has 0 aromatic heterocycles. The van der Waals surface area contributed by atoms with E-state index in [9.17, 15) is 27.9 Å². The molecule has 0 atom stereocenters. The molecule has 260 valence electrons. The molecule has 10 nitrogen and oxygen atoms in total. The van der Waals surface area contributed by atoms with Gasteiger partial charge in [0.05, 0.1) is 26.4 Å². The van der Waals surface area contributed by atoms with E-state index in [0.29, 0.717) is 32.2 Å². The summed E-state index contributed by atoms with van der Waals surface area (Å²) >= 11 is 6.79. The zero-order valence-electron chi connectivity index (χ0n) is 25.4. The van der Waals surface area contributed by atoms with Gasteiger partial charge in [-0.25, -0.2) is 13.2 Å². The van der Waals surface area contributed by atoms with Gasteiger partial charge in [0.2, 0.25) is 0 Å². The van der Waals surface area contributed by atoms with Crippen molar-refractivity contribution in [2.75, 3.05) is 39.6 Å². The SMILES string of the molecule is O=C(CO)c1ccc(F)c(F)c1.O=C(CO)c1ccc(Oc2ccc(Br)c(C3OCCO3)c2)c(F)c1.Oc1ccc(Br)c(C2OCCO2)c1. The highest BCUT2D eigenvalue weighted by molar-refractivity contribution is 9.10. The van der Waals surface area contributed by atoms with Crippen molar-refractivity contribution in [3.8, 4) is 17.2 Å². The van der Waals surface area contributed by atoms with Crippen molar-refractivity contribution in [1.82, 2.24) is 0 Å². The highest BCUT2D eigenvalue weighted by Crippen LogP contribution is 2.35. The van der Waals surface area contributed by atoms with Gasteiger partial charge in [0.1, 0.15) is 24.7 Å². The first-order chi connectivity index (χ1) is 23.5. The van der Waals surface area contributed by atoms with Crippen LogP contribution in [0.15, 0.2) is 81.7 Å². The number of halogens is 5. The third-order valence-corrected chi connectivity index (χ3v) is 8.15. The summed E-state index contributed by atoms with van der Waals surface area (Å²) in [5.74, 6) is -3.36. The molecule has 6 rings (SSSR count). The Labute approximate surface area is 295 Å². The average molecular weight is 814 g/mol. The van der Waals surface area contributed by atoms with Crippen molar-refractivity contribution in [3.05, 3.63) is 121 Å². The predicted octanol–water partition coefficient (Wildman–Crippen LogP) is 6.94. The van der Waals surface area contributed by atoms with Crippen molar-refractivity contribution in [3.63, 3.8) is 0 Å². The van der Waals surface area contributed by atoms with Crippen molar-refractivity contribution in [1.29, 1.82) is 0 Å². The van der Waals surface area contributed by atoms with Crippen LogP contribution in [0.5, 0.6) is 17.2 Å². The number of carbonyl (C=O) groups excluding carboxylic acids is 2. The molecule has 0 amide bonds. The monoisotopic (exact) mass is 812 g/mol.